The van der Waals surface area contributed by atoms with Crippen molar-refractivity contribution in [1.82, 2.24) is 0 Å². The summed E-state index contributed by atoms with van der Waals surface area (Å²) in [6.07, 6.45) is 0. The number of halogens is 2. The highest BCUT2D eigenvalue weighted by atomic mass is 79.9. The number of hydrogen-bond donors (Lipinski definition) is 3. The van der Waals surface area contributed by atoms with Crippen molar-refractivity contribution in [2.75, 3.05) is 0 Å². The lowest BCUT2D eigenvalue weighted by molar-refractivity contribution is 0.103. The number of ketones is 1. The number of aromatic hydroxyl groups is 3. The van der Waals surface area contributed by atoms with Gasteiger partial charge in [0, 0.05) is 20.1 Å². The van der Waals surface area contributed by atoms with E-state index in [-0.39, 0.29) is 28.6 Å². The maximum atomic E-state index is 12.5. The number of benzene rings is 2. The minimum Gasteiger partial charge on any atom is -0.508 e. The molecule has 2 rings (SSSR count). The van der Waals surface area contributed by atoms with Crippen molar-refractivity contribution >= 4 is 37.6 Å². The summed E-state index contributed by atoms with van der Waals surface area (Å²) in [4.78, 5) is 12.5. The largest absolute Gasteiger partial charge is 0.508 e. The van der Waals surface area contributed by atoms with Crippen molar-refractivity contribution < 1.29 is 20.1 Å². The third kappa shape index (κ3) is 2.66. The molecule has 0 radical (unpaired) electrons. The fraction of sp³-hybridized carbons (Fsp3) is 0.0714. The predicted molar refractivity (Wildman–Crippen MR) is 81.4 cm³/mol. The minimum atomic E-state index is -0.372. The average Bonchev–Trinajstić information content (AvgIpc) is 2.37. The topological polar surface area (TPSA) is 77.8 Å². The molecule has 20 heavy (non-hydrogen) atoms. The Balaban J connectivity index is 2.57. The highest BCUT2D eigenvalue weighted by Crippen LogP contribution is 2.34. The first-order chi connectivity index (χ1) is 9.31. The number of rotatable bonds is 2. The molecule has 0 saturated carbocycles. The van der Waals surface area contributed by atoms with Crippen LogP contribution in [0.25, 0.3) is 0 Å². The van der Waals surface area contributed by atoms with Gasteiger partial charge in [-0.05, 0) is 68.6 Å². The Morgan fingerprint density at radius 3 is 1.90 bits per heavy atom. The van der Waals surface area contributed by atoms with Crippen LogP contribution in [0.2, 0.25) is 0 Å². The highest BCUT2D eigenvalue weighted by molar-refractivity contribution is 9.11. The van der Waals surface area contributed by atoms with Gasteiger partial charge in [-0.1, -0.05) is 0 Å². The summed E-state index contributed by atoms with van der Waals surface area (Å²) in [5.41, 5.74) is 1.13. The number of phenols is 3. The van der Waals surface area contributed by atoms with E-state index in [9.17, 15) is 20.1 Å². The van der Waals surface area contributed by atoms with Crippen LogP contribution in [0.3, 0.4) is 0 Å². The van der Waals surface area contributed by atoms with Crippen molar-refractivity contribution in [1.29, 1.82) is 0 Å². The summed E-state index contributed by atoms with van der Waals surface area (Å²) in [6, 6.07) is 5.44. The smallest absolute Gasteiger partial charge is 0.195 e. The van der Waals surface area contributed by atoms with Crippen molar-refractivity contribution in [3.05, 3.63) is 49.9 Å². The maximum absolute atomic E-state index is 12.5. The second kappa shape index (κ2) is 5.46. The molecule has 0 saturated heterocycles. The summed E-state index contributed by atoms with van der Waals surface area (Å²) >= 11 is 6.41. The van der Waals surface area contributed by atoms with Gasteiger partial charge in [-0.15, -0.1) is 0 Å². The molecule has 4 nitrogen and oxygen atoms in total. The number of aryl methyl sites for hydroxylation is 1. The normalized spacial score (nSPS) is 10.6. The number of carbonyl (C=O) groups excluding carboxylic acids is 1. The highest BCUT2D eigenvalue weighted by Gasteiger charge is 2.19. The maximum Gasteiger partial charge on any atom is 0.195 e. The molecule has 2 aromatic rings. The van der Waals surface area contributed by atoms with Crippen LogP contribution in [0.5, 0.6) is 17.2 Å². The third-order valence-corrected chi connectivity index (χ3v) is 4.15. The zero-order chi connectivity index (χ0) is 15.0. The summed E-state index contributed by atoms with van der Waals surface area (Å²) in [6.45, 7) is 1.68. The van der Waals surface area contributed by atoms with E-state index in [2.05, 4.69) is 31.9 Å². The van der Waals surface area contributed by atoms with Crippen LogP contribution < -0.4 is 0 Å². The Kier molecular flexibility index (Phi) is 4.06. The van der Waals surface area contributed by atoms with Crippen LogP contribution >= 0.6 is 31.9 Å². The molecule has 0 atom stereocenters. The first-order valence-corrected chi connectivity index (χ1v) is 7.15. The molecule has 6 heteroatoms. The quantitative estimate of drug-likeness (QED) is 0.527. The molecule has 0 amide bonds. The molecule has 104 valence electrons. The van der Waals surface area contributed by atoms with E-state index in [0.29, 0.717) is 20.1 Å². The molecule has 0 fully saturated rings. The predicted octanol–water partition coefficient (Wildman–Crippen LogP) is 3.87. The second-order valence-corrected chi connectivity index (χ2v) is 5.98. The lowest BCUT2D eigenvalue weighted by Gasteiger charge is -2.09. The Morgan fingerprint density at radius 2 is 1.30 bits per heavy atom. The van der Waals surface area contributed by atoms with Gasteiger partial charge in [0.25, 0.3) is 0 Å². The zero-order valence-electron chi connectivity index (χ0n) is 10.3. The first-order valence-electron chi connectivity index (χ1n) is 5.56. The molecule has 0 bridgehead atoms. The van der Waals surface area contributed by atoms with Crippen molar-refractivity contribution in [2.24, 2.45) is 0 Å². The van der Waals surface area contributed by atoms with Gasteiger partial charge in [0.15, 0.2) is 17.3 Å². The van der Waals surface area contributed by atoms with Gasteiger partial charge in [0.2, 0.25) is 0 Å². The number of carbonyl (C=O) groups is 1. The third-order valence-electron chi connectivity index (χ3n) is 2.84. The van der Waals surface area contributed by atoms with Crippen molar-refractivity contribution in [2.45, 2.75) is 6.92 Å². The van der Waals surface area contributed by atoms with Crippen molar-refractivity contribution in [3.63, 3.8) is 0 Å². The molecule has 2 aromatic carbocycles. The van der Waals surface area contributed by atoms with E-state index in [1.54, 1.807) is 13.0 Å². The fourth-order valence-electron chi connectivity index (χ4n) is 1.72. The van der Waals surface area contributed by atoms with E-state index >= 15 is 0 Å². The molecule has 3 N–H and O–H groups in total. The molecule has 0 aliphatic rings. The van der Waals surface area contributed by atoms with Crippen LogP contribution in [-0.2, 0) is 0 Å². The van der Waals surface area contributed by atoms with Gasteiger partial charge in [-0.3, -0.25) is 4.79 Å². The minimum absolute atomic E-state index is 0.0843. The van der Waals surface area contributed by atoms with Crippen molar-refractivity contribution in [3.8, 4) is 17.2 Å². The van der Waals surface area contributed by atoms with Crippen LogP contribution in [-0.4, -0.2) is 21.1 Å². The molecule has 0 spiro atoms. The zero-order valence-corrected chi connectivity index (χ0v) is 13.5. The van der Waals surface area contributed by atoms with Crippen LogP contribution in [0.4, 0.5) is 0 Å². The Bertz CT molecular complexity index is 651. The van der Waals surface area contributed by atoms with Gasteiger partial charge in [-0.2, -0.15) is 0 Å². The van der Waals surface area contributed by atoms with E-state index in [4.69, 9.17) is 0 Å². The van der Waals surface area contributed by atoms with E-state index in [1.165, 1.54) is 18.2 Å². The molecular weight excluding hydrogens is 392 g/mol. The van der Waals surface area contributed by atoms with Crippen LogP contribution in [0.15, 0.2) is 33.2 Å². The van der Waals surface area contributed by atoms with Crippen LogP contribution in [0, 0.1) is 6.92 Å². The molecule has 0 aliphatic carbocycles. The van der Waals surface area contributed by atoms with Gasteiger partial charge < -0.3 is 15.3 Å². The summed E-state index contributed by atoms with van der Waals surface area (Å²) in [5, 5.41) is 28.5. The van der Waals surface area contributed by atoms with Gasteiger partial charge in [0.1, 0.15) is 5.75 Å². The fourth-order valence-corrected chi connectivity index (χ4v) is 2.74. The molecule has 0 heterocycles. The summed E-state index contributed by atoms with van der Waals surface area (Å²) in [5.74, 6) is -0.944. The van der Waals surface area contributed by atoms with Crippen LogP contribution in [0.1, 0.15) is 21.5 Å². The lowest BCUT2D eigenvalue weighted by Crippen LogP contribution is -2.04. The second-order valence-electron chi connectivity index (χ2n) is 4.27. The lowest BCUT2D eigenvalue weighted by atomic mass is 10.0. The van der Waals surface area contributed by atoms with Gasteiger partial charge >= 0.3 is 0 Å². The summed E-state index contributed by atoms with van der Waals surface area (Å²) in [7, 11) is 0. The van der Waals surface area contributed by atoms with Gasteiger partial charge in [-0.25, -0.2) is 0 Å². The Hall–Kier alpha value is -1.53. The monoisotopic (exact) mass is 400 g/mol. The Morgan fingerprint density at radius 1 is 0.850 bits per heavy atom. The Labute approximate surface area is 131 Å². The summed E-state index contributed by atoms with van der Waals surface area (Å²) < 4.78 is 0.820. The molecular formula is C14H10Br2O4. The van der Waals surface area contributed by atoms with Gasteiger partial charge in [0.05, 0.1) is 0 Å². The first kappa shape index (κ1) is 14.9. The standard InChI is InChI=1S/C14H10Br2O4/c1-6-2-7(9(15)4-11(6)17)14(20)8-3-12(18)13(19)5-10(8)16/h2-5,17-19H,1H3. The average molecular weight is 402 g/mol. The molecule has 0 unspecified atom stereocenters. The number of phenolic OH excluding ortho intramolecular Hbond substituents is 3. The molecule has 0 aliphatic heterocycles. The SMILES string of the molecule is Cc1cc(C(=O)c2cc(O)c(O)cc2Br)c(Br)cc1O. The van der Waals surface area contributed by atoms with E-state index in [1.807, 2.05) is 0 Å². The number of hydrogen-bond acceptors (Lipinski definition) is 4. The van der Waals surface area contributed by atoms with E-state index < -0.39 is 0 Å². The van der Waals surface area contributed by atoms with E-state index in [0.717, 1.165) is 0 Å². The molecule has 0 aromatic heterocycles.